The lowest BCUT2D eigenvalue weighted by molar-refractivity contribution is 0.0634. The first kappa shape index (κ1) is 20.4. The molecule has 0 aliphatic carbocycles. The molecule has 0 atom stereocenters. The normalized spacial score (nSPS) is 14.7. The fourth-order valence-corrected chi connectivity index (χ4v) is 3.91. The van der Waals surface area contributed by atoms with Gasteiger partial charge in [0.25, 0.3) is 5.91 Å². The summed E-state index contributed by atoms with van der Waals surface area (Å²) in [6.45, 7) is 6.31. The molecule has 1 aliphatic heterocycles. The van der Waals surface area contributed by atoms with E-state index in [2.05, 4.69) is 11.8 Å². The molecule has 0 spiro atoms. The van der Waals surface area contributed by atoms with Crippen molar-refractivity contribution in [3.8, 4) is 22.7 Å². The van der Waals surface area contributed by atoms with Gasteiger partial charge in [-0.2, -0.15) is 5.10 Å². The third-order valence-electron chi connectivity index (χ3n) is 5.48. The van der Waals surface area contributed by atoms with Crippen molar-refractivity contribution in [3.63, 3.8) is 0 Å². The maximum Gasteiger partial charge on any atom is 0.272 e. The van der Waals surface area contributed by atoms with E-state index in [1.807, 2.05) is 53.4 Å². The van der Waals surface area contributed by atoms with Crippen molar-refractivity contribution in [1.29, 1.82) is 0 Å². The Hall–Kier alpha value is -2.83. The molecule has 4 rings (SSSR count). The van der Waals surface area contributed by atoms with Crippen LogP contribution in [-0.4, -0.2) is 65.3 Å². The van der Waals surface area contributed by atoms with E-state index in [-0.39, 0.29) is 5.91 Å². The van der Waals surface area contributed by atoms with Crippen LogP contribution >= 0.6 is 11.6 Å². The minimum absolute atomic E-state index is 0.0349. The number of likely N-dealkylation sites (N-methyl/N-ethyl adjacent to an activating group) is 1. The highest BCUT2D eigenvalue weighted by Crippen LogP contribution is 2.28. The lowest BCUT2D eigenvalue weighted by Gasteiger charge is -2.34. The maximum absolute atomic E-state index is 13.4. The van der Waals surface area contributed by atoms with Crippen LogP contribution in [0.4, 0.5) is 0 Å². The van der Waals surface area contributed by atoms with E-state index in [0.29, 0.717) is 35.2 Å². The summed E-state index contributed by atoms with van der Waals surface area (Å²) in [4.78, 5) is 17.7. The number of hydrogen-bond acceptors (Lipinski definition) is 4. The molecule has 2 aromatic carbocycles. The third-order valence-corrected chi connectivity index (χ3v) is 5.80. The van der Waals surface area contributed by atoms with Crippen molar-refractivity contribution in [2.45, 2.75) is 6.92 Å². The summed E-state index contributed by atoms with van der Waals surface area (Å²) in [6, 6.07) is 16.9. The number of rotatable bonds is 5. The van der Waals surface area contributed by atoms with Gasteiger partial charge in [0, 0.05) is 31.7 Å². The molecular formula is C23H25ClN4O2. The average molecular weight is 425 g/mol. The molecule has 0 bridgehead atoms. The zero-order valence-corrected chi connectivity index (χ0v) is 18.0. The molecule has 0 unspecified atom stereocenters. The standard InChI is InChI=1S/C23H25ClN4O2/c1-3-26-11-13-27(14-12-26)23(29)22-16-20(17-7-6-8-18(15-17)30-2)25-28(22)21-10-5-4-9-19(21)24/h4-10,15-16H,3,11-14H2,1-2H3. The minimum atomic E-state index is -0.0349. The van der Waals surface area contributed by atoms with E-state index in [1.54, 1.807) is 17.9 Å². The van der Waals surface area contributed by atoms with Crippen LogP contribution in [0.15, 0.2) is 54.6 Å². The number of para-hydroxylation sites is 1. The summed E-state index contributed by atoms with van der Waals surface area (Å²) in [5.41, 5.74) is 2.77. The number of piperazine rings is 1. The Morgan fingerprint density at radius 3 is 2.53 bits per heavy atom. The number of benzene rings is 2. The zero-order valence-electron chi connectivity index (χ0n) is 17.2. The first-order valence-corrected chi connectivity index (χ1v) is 10.5. The molecule has 1 aliphatic rings. The number of amides is 1. The number of carbonyl (C=O) groups is 1. The molecule has 0 saturated carbocycles. The Balaban J connectivity index is 1.75. The summed E-state index contributed by atoms with van der Waals surface area (Å²) in [6.07, 6.45) is 0. The van der Waals surface area contributed by atoms with Crippen LogP contribution in [0.1, 0.15) is 17.4 Å². The zero-order chi connectivity index (χ0) is 21.1. The second-order valence-electron chi connectivity index (χ2n) is 7.24. The number of methoxy groups -OCH3 is 1. The van der Waals surface area contributed by atoms with Gasteiger partial charge >= 0.3 is 0 Å². The van der Waals surface area contributed by atoms with Gasteiger partial charge in [0.1, 0.15) is 11.4 Å². The van der Waals surface area contributed by atoms with Crippen molar-refractivity contribution >= 4 is 17.5 Å². The summed E-state index contributed by atoms with van der Waals surface area (Å²) in [5.74, 6) is 0.704. The summed E-state index contributed by atoms with van der Waals surface area (Å²) in [5, 5.41) is 5.30. The Kier molecular flexibility index (Phi) is 6.06. The van der Waals surface area contributed by atoms with Crippen molar-refractivity contribution in [2.75, 3.05) is 39.8 Å². The summed E-state index contributed by atoms with van der Waals surface area (Å²) < 4.78 is 7.00. The van der Waals surface area contributed by atoms with Crippen LogP contribution in [0.3, 0.4) is 0 Å². The molecule has 1 fully saturated rings. The predicted molar refractivity (Wildman–Crippen MR) is 119 cm³/mol. The SMILES string of the molecule is CCN1CCN(C(=O)c2cc(-c3cccc(OC)c3)nn2-c2ccccc2Cl)CC1. The molecule has 2 heterocycles. The van der Waals surface area contributed by atoms with E-state index in [9.17, 15) is 4.79 Å². The average Bonchev–Trinajstić information content (AvgIpc) is 3.24. The minimum Gasteiger partial charge on any atom is -0.497 e. The summed E-state index contributed by atoms with van der Waals surface area (Å²) in [7, 11) is 1.63. The Morgan fingerprint density at radius 1 is 1.07 bits per heavy atom. The van der Waals surface area contributed by atoms with Crippen LogP contribution < -0.4 is 4.74 Å². The smallest absolute Gasteiger partial charge is 0.272 e. The number of halogens is 1. The van der Waals surface area contributed by atoms with Crippen LogP contribution in [0.5, 0.6) is 5.75 Å². The second kappa shape index (κ2) is 8.90. The van der Waals surface area contributed by atoms with E-state index in [1.165, 1.54) is 0 Å². The molecule has 0 N–H and O–H groups in total. The molecule has 6 nitrogen and oxygen atoms in total. The first-order valence-electron chi connectivity index (χ1n) is 10.1. The lowest BCUT2D eigenvalue weighted by Crippen LogP contribution is -2.48. The largest absolute Gasteiger partial charge is 0.497 e. The molecular weight excluding hydrogens is 400 g/mol. The van der Waals surface area contributed by atoms with E-state index >= 15 is 0 Å². The molecule has 30 heavy (non-hydrogen) atoms. The van der Waals surface area contributed by atoms with Gasteiger partial charge in [-0.15, -0.1) is 0 Å². The van der Waals surface area contributed by atoms with Gasteiger partial charge in [0.15, 0.2) is 0 Å². The molecule has 0 radical (unpaired) electrons. The Morgan fingerprint density at radius 2 is 1.83 bits per heavy atom. The third kappa shape index (κ3) is 4.06. The highest BCUT2D eigenvalue weighted by molar-refractivity contribution is 6.32. The van der Waals surface area contributed by atoms with Gasteiger partial charge in [-0.25, -0.2) is 4.68 Å². The first-order chi connectivity index (χ1) is 14.6. The van der Waals surface area contributed by atoms with Gasteiger partial charge in [0.05, 0.1) is 23.5 Å². The van der Waals surface area contributed by atoms with Gasteiger partial charge in [-0.05, 0) is 36.9 Å². The van der Waals surface area contributed by atoms with E-state index in [0.717, 1.165) is 30.9 Å². The summed E-state index contributed by atoms with van der Waals surface area (Å²) >= 11 is 6.45. The molecule has 156 valence electrons. The lowest BCUT2D eigenvalue weighted by atomic mass is 10.1. The van der Waals surface area contributed by atoms with Gasteiger partial charge in [-0.3, -0.25) is 4.79 Å². The number of nitrogens with zero attached hydrogens (tertiary/aromatic N) is 4. The van der Waals surface area contributed by atoms with Crippen molar-refractivity contribution in [3.05, 3.63) is 65.3 Å². The molecule has 3 aromatic rings. The van der Waals surface area contributed by atoms with Gasteiger partial charge in [0.2, 0.25) is 0 Å². The predicted octanol–water partition coefficient (Wildman–Crippen LogP) is 3.98. The van der Waals surface area contributed by atoms with Crippen LogP contribution in [0.2, 0.25) is 5.02 Å². The number of ether oxygens (including phenoxy) is 1. The van der Waals surface area contributed by atoms with Gasteiger partial charge < -0.3 is 14.5 Å². The van der Waals surface area contributed by atoms with Crippen molar-refractivity contribution in [1.82, 2.24) is 19.6 Å². The highest BCUT2D eigenvalue weighted by atomic mass is 35.5. The fraction of sp³-hybridized carbons (Fsp3) is 0.304. The Bertz CT molecular complexity index is 1040. The number of carbonyl (C=O) groups excluding carboxylic acids is 1. The second-order valence-corrected chi connectivity index (χ2v) is 7.64. The van der Waals surface area contributed by atoms with E-state index in [4.69, 9.17) is 21.4 Å². The van der Waals surface area contributed by atoms with Gasteiger partial charge in [-0.1, -0.05) is 42.8 Å². The quantitative estimate of drug-likeness (QED) is 0.621. The molecule has 1 amide bonds. The molecule has 1 aromatic heterocycles. The number of aromatic nitrogens is 2. The van der Waals surface area contributed by atoms with Crippen LogP contribution in [0, 0.1) is 0 Å². The van der Waals surface area contributed by atoms with Crippen LogP contribution in [-0.2, 0) is 0 Å². The molecule has 7 heteroatoms. The monoisotopic (exact) mass is 424 g/mol. The van der Waals surface area contributed by atoms with Crippen LogP contribution in [0.25, 0.3) is 16.9 Å². The maximum atomic E-state index is 13.4. The van der Waals surface area contributed by atoms with Crippen molar-refractivity contribution < 1.29 is 9.53 Å². The Labute approximate surface area is 181 Å². The van der Waals surface area contributed by atoms with E-state index < -0.39 is 0 Å². The van der Waals surface area contributed by atoms with Crippen molar-refractivity contribution in [2.24, 2.45) is 0 Å². The fourth-order valence-electron chi connectivity index (χ4n) is 3.69. The topological polar surface area (TPSA) is 50.6 Å². The highest BCUT2D eigenvalue weighted by Gasteiger charge is 2.26. The molecule has 1 saturated heterocycles. The number of hydrogen-bond donors (Lipinski definition) is 0.